The van der Waals surface area contributed by atoms with Gasteiger partial charge in [0, 0.05) is 24.8 Å². The van der Waals surface area contributed by atoms with Gasteiger partial charge < -0.3 is 16.4 Å². The molecule has 7 nitrogen and oxygen atoms in total. The summed E-state index contributed by atoms with van der Waals surface area (Å²) < 4.78 is 0. The predicted molar refractivity (Wildman–Crippen MR) is 165 cm³/mol. The molecule has 39 heavy (non-hydrogen) atoms. The lowest BCUT2D eigenvalue weighted by Crippen LogP contribution is -2.30. The van der Waals surface area contributed by atoms with Gasteiger partial charge in [-0.2, -0.15) is 0 Å². The molecule has 0 bridgehead atoms. The van der Waals surface area contributed by atoms with Crippen molar-refractivity contribution in [1.82, 2.24) is 15.3 Å². The highest BCUT2D eigenvalue weighted by Crippen LogP contribution is 2.36. The molecule has 1 saturated carbocycles. The topological polar surface area (TPSA) is 105 Å². The average molecular weight is 531 g/mol. The van der Waals surface area contributed by atoms with Gasteiger partial charge in [-0.15, -0.1) is 0 Å². The number of carbonyl (C=O) groups excluding carboxylic acids is 1. The Morgan fingerprint density at radius 2 is 1.74 bits per heavy atom. The number of rotatable bonds is 8. The Hall–Kier alpha value is -3.74. The lowest BCUT2D eigenvalue weighted by atomic mass is 9.80. The number of urea groups is 1. The Kier molecular flexibility index (Phi) is 13.7. The molecule has 1 aliphatic rings. The van der Waals surface area contributed by atoms with Crippen LogP contribution in [-0.2, 0) is 0 Å². The molecule has 1 aromatic heterocycles. The summed E-state index contributed by atoms with van der Waals surface area (Å²) in [5.41, 5.74) is 11.9. The van der Waals surface area contributed by atoms with Crippen molar-refractivity contribution < 1.29 is 4.79 Å². The maximum absolute atomic E-state index is 11.5. The molecule has 0 saturated heterocycles. The van der Waals surface area contributed by atoms with Crippen molar-refractivity contribution in [3.05, 3.63) is 83.3 Å². The molecule has 0 aliphatic heterocycles. The number of aliphatic imine (C=N–C) groups is 1. The third-order valence-corrected chi connectivity index (χ3v) is 6.94. The van der Waals surface area contributed by atoms with Gasteiger partial charge in [0.05, 0.1) is 17.0 Å². The van der Waals surface area contributed by atoms with Crippen LogP contribution in [0, 0.1) is 12.8 Å². The Balaban J connectivity index is 0.000000267. The first-order chi connectivity index (χ1) is 18.9. The molecular weight excluding hydrogens is 484 g/mol. The van der Waals surface area contributed by atoms with E-state index in [2.05, 4.69) is 63.7 Å². The highest BCUT2D eigenvalue weighted by atomic mass is 16.2. The zero-order valence-electron chi connectivity index (χ0n) is 24.5. The van der Waals surface area contributed by atoms with Crippen LogP contribution in [0.4, 0.5) is 16.3 Å². The lowest BCUT2D eigenvalue weighted by molar-refractivity contribution is 0.251. The molecule has 3 aromatic rings. The van der Waals surface area contributed by atoms with E-state index in [1.807, 2.05) is 51.1 Å². The van der Waals surface area contributed by atoms with Gasteiger partial charge in [0.15, 0.2) is 0 Å². The Bertz CT molecular complexity index is 1140. The molecule has 2 aromatic carbocycles. The van der Waals surface area contributed by atoms with Gasteiger partial charge in [0.25, 0.3) is 0 Å². The van der Waals surface area contributed by atoms with E-state index in [9.17, 15) is 4.79 Å². The number of nitrogens with one attached hydrogen (secondary N) is 2. The van der Waals surface area contributed by atoms with Crippen molar-refractivity contribution >= 4 is 23.2 Å². The van der Waals surface area contributed by atoms with Crippen LogP contribution >= 0.6 is 0 Å². The van der Waals surface area contributed by atoms with Crippen LogP contribution < -0.4 is 16.4 Å². The smallest absolute Gasteiger partial charge is 0.319 e. The highest BCUT2D eigenvalue weighted by Gasteiger charge is 2.20. The normalized spacial score (nSPS) is 13.5. The second kappa shape index (κ2) is 17.0. The summed E-state index contributed by atoms with van der Waals surface area (Å²) in [6.45, 7) is 11.0. The second-order valence-corrected chi connectivity index (χ2v) is 9.59. The molecule has 0 spiro atoms. The molecule has 0 radical (unpaired) electrons. The number of aryl methyl sites for hydroxylation is 1. The summed E-state index contributed by atoms with van der Waals surface area (Å²) in [6, 6.07) is 18.0. The van der Waals surface area contributed by atoms with Crippen LogP contribution in [0.3, 0.4) is 0 Å². The Morgan fingerprint density at radius 1 is 1.08 bits per heavy atom. The van der Waals surface area contributed by atoms with E-state index in [0.29, 0.717) is 11.7 Å². The van der Waals surface area contributed by atoms with E-state index in [1.165, 1.54) is 31.2 Å². The maximum atomic E-state index is 11.5. The van der Waals surface area contributed by atoms with E-state index < -0.39 is 0 Å². The van der Waals surface area contributed by atoms with Gasteiger partial charge in [-0.05, 0) is 55.7 Å². The van der Waals surface area contributed by atoms with Gasteiger partial charge in [0.2, 0.25) is 0 Å². The number of aromatic nitrogens is 2. The lowest BCUT2D eigenvalue weighted by Gasteiger charge is -2.25. The van der Waals surface area contributed by atoms with E-state index in [0.717, 1.165) is 53.5 Å². The van der Waals surface area contributed by atoms with E-state index in [1.54, 1.807) is 7.05 Å². The molecule has 1 fully saturated rings. The van der Waals surface area contributed by atoms with Gasteiger partial charge in [-0.25, -0.2) is 14.8 Å². The van der Waals surface area contributed by atoms with Crippen molar-refractivity contribution in [2.75, 3.05) is 24.6 Å². The summed E-state index contributed by atoms with van der Waals surface area (Å²) in [7, 11) is 1.78. The fourth-order valence-electron chi connectivity index (χ4n) is 4.16. The fourth-order valence-corrected chi connectivity index (χ4v) is 4.16. The number of anilines is 2. The number of hydrogen-bond acceptors (Lipinski definition) is 5. The van der Waals surface area contributed by atoms with Crippen molar-refractivity contribution in [3.63, 3.8) is 0 Å². The van der Waals surface area contributed by atoms with Crippen molar-refractivity contribution in [3.8, 4) is 0 Å². The fraction of sp³-hybridized carbons (Fsp3) is 0.438. The van der Waals surface area contributed by atoms with E-state index in [4.69, 9.17) is 5.73 Å². The number of hydrogen-bond donors (Lipinski definition) is 3. The summed E-state index contributed by atoms with van der Waals surface area (Å²) in [5, 5.41) is 5.63. The molecular formula is C32H46N6O. The maximum Gasteiger partial charge on any atom is 0.319 e. The van der Waals surface area contributed by atoms with Crippen molar-refractivity contribution in [2.45, 2.75) is 72.6 Å². The van der Waals surface area contributed by atoms with Crippen molar-refractivity contribution in [2.24, 2.45) is 10.9 Å². The summed E-state index contributed by atoms with van der Waals surface area (Å²) in [5.74, 6) is 1.89. The van der Waals surface area contributed by atoms with Crippen LogP contribution in [0.2, 0.25) is 0 Å². The van der Waals surface area contributed by atoms with E-state index in [-0.39, 0.29) is 6.03 Å². The number of nitrogens with zero attached hydrogens (tertiary/aromatic N) is 3. The molecule has 1 atom stereocenters. The summed E-state index contributed by atoms with van der Waals surface area (Å²) in [6.07, 6.45) is 7.65. The number of nitrogens with two attached hydrogens (primary N) is 1. The minimum absolute atomic E-state index is 0.130. The van der Waals surface area contributed by atoms with Gasteiger partial charge in [-0.1, -0.05) is 83.0 Å². The first kappa shape index (κ1) is 31.5. The first-order valence-electron chi connectivity index (χ1n) is 14.2. The number of para-hydroxylation sites is 1. The standard InChI is InChI=1S/C17H20N4.C13H20N2O.C2H6/c1-11-15(17(18)21-10-20-11)16(19-2)14-8-6-13(7-9-14)12-4-3-5-12;1-3-11(2)9-10-14-13(16)15-12-7-5-4-6-8-12;1-2/h6-10,12H,3-5H2,1-2H3,(H2,18,20,21);4-8,11H,3,9-10H2,1-2H3,(H2,14,15,16);1-2H3/t;11-;/m.1./s1. The molecule has 1 heterocycles. The van der Waals surface area contributed by atoms with Gasteiger partial charge in [0.1, 0.15) is 12.1 Å². The minimum atomic E-state index is -0.130. The minimum Gasteiger partial charge on any atom is -0.383 e. The van der Waals surface area contributed by atoms with Gasteiger partial charge >= 0.3 is 6.03 Å². The molecule has 4 N–H and O–H groups in total. The van der Waals surface area contributed by atoms with Crippen molar-refractivity contribution in [1.29, 1.82) is 0 Å². The Labute approximate surface area is 234 Å². The number of amides is 2. The van der Waals surface area contributed by atoms with E-state index >= 15 is 0 Å². The second-order valence-electron chi connectivity index (χ2n) is 9.59. The SMILES string of the molecule is CC.CC[C@@H](C)CCNC(=O)Nc1ccccc1.CN=C(c1ccc(C2CCC2)cc1)c1c(C)ncnc1N. The summed E-state index contributed by atoms with van der Waals surface area (Å²) >= 11 is 0. The average Bonchev–Trinajstić information content (AvgIpc) is 2.92. The molecule has 2 amide bonds. The molecule has 210 valence electrons. The largest absolute Gasteiger partial charge is 0.383 e. The first-order valence-corrected chi connectivity index (χ1v) is 14.2. The highest BCUT2D eigenvalue weighted by molar-refractivity contribution is 6.15. The molecule has 0 unspecified atom stereocenters. The Morgan fingerprint density at radius 3 is 2.28 bits per heavy atom. The van der Waals surface area contributed by atoms with Crippen LogP contribution in [-0.4, -0.2) is 35.3 Å². The predicted octanol–water partition coefficient (Wildman–Crippen LogP) is 7.37. The van der Waals surface area contributed by atoms with Gasteiger partial charge in [-0.3, -0.25) is 4.99 Å². The number of nitrogen functional groups attached to an aromatic ring is 1. The van der Waals surface area contributed by atoms with Crippen LogP contribution in [0.15, 0.2) is 65.9 Å². The summed E-state index contributed by atoms with van der Waals surface area (Å²) in [4.78, 5) is 24.2. The third kappa shape index (κ3) is 9.82. The third-order valence-electron chi connectivity index (χ3n) is 6.94. The zero-order chi connectivity index (χ0) is 28.6. The van der Waals surface area contributed by atoms with Crippen LogP contribution in [0.1, 0.15) is 88.1 Å². The van der Waals surface area contributed by atoms with Crippen LogP contribution in [0.25, 0.3) is 0 Å². The molecule has 7 heteroatoms. The zero-order valence-corrected chi connectivity index (χ0v) is 24.5. The quantitative estimate of drug-likeness (QED) is 0.264. The molecule has 4 rings (SSSR count). The number of carbonyl (C=O) groups is 1. The van der Waals surface area contributed by atoms with Crippen LogP contribution in [0.5, 0.6) is 0 Å². The molecule has 1 aliphatic carbocycles. The monoisotopic (exact) mass is 530 g/mol. The number of benzene rings is 2.